The van der Waals surface area contributed by atoms with Gasteiger partial charge in [-0.1, -0.05) is 62.7 Å². The number of rotatable bonds is 6. The lowest BCUT2D eigenvalue weighted by atomic mass is 9.83. The first-order valence-electron chi connectivity index (χ1n) is 15.1. The van der Waals surface area contributed by atoms with Crippen LogP contribution < -0.4 is 21.1 Å². The predicted octanol–water partition coefficient (Wildman–Crippen LogP) is 6.61. The van der Waals surface area contributed by atoms with Crippen LogP contribution in [0.4, 0.5) is 11.4 Å². The van der Waals surface area contributed by atoms with Gasteiger partial charge in [-0.2, -0.15) is 0 Å². The third-order valence-electron chi connectivity index (χ3n) is 8.68. The fourth-order valence-corrected chi connectivity index (χ4v) is 6.61. The van der Waals surface area contributed by atoms with Crippen LogP contribution in [0, 0.1) is 5.92 Å². The van der Waals surface area contributed by atoms with Gasteiger partial charge in [0.1, 0.15) is 0 Å². The van der Waals surface area contributed by atoms with Gasteiger partial charge in [-0.3, -0.25) is 14.4 Å². The van der Waals surface area contributed by atoms with E-state index in [1.165, 1.54) is 0 Å². The summed E-state index contributed by atoms with van der Waals surface area (Å²) >= 11 is 6.12. The van der Waals surface area contributed by atoms with Gasteiger partial charge in [0.25, 0.3) is 17.4 Å². The highest BCUT2D eigenvalue weighted by molar-refractivity contribution is 6.30. The quantitative estimate of drug-likeness (QED) is 0.258. The van der Waals surface area contributed by atoms with Gasteiger partial charge in [0.05, 0.1) is 11.4 Å². The first kappa shape index (κ1) is 29.7. The van der Waals surface area contributed by atoms with Crippen LogP contribution in [-0.2, 0) is 18.5 Å². The molecule has 2 amide bonds. The van der Waals surface area contributed by atoms with Crippen LogP contribution in [0.1, 0.15) is 70.6 Å². The van der Waals surface area contributed by atoms with E-state index in [4.69, 9.17) is 11.6 Å². The molecule has 0 aliphatic carbocycles. The highest BCUT2D eigenvalue weighted by Crippen LogP contribution is 2.39. The van der Waals surface area contributed by atoms with Gasteiger partial charge in [-0.15, -0.1) is 0 Å². The largest absolute Gasteiger partial charge is 0.369 e. The second-order valence-electron chi connectivity index (χ2n) is 12.9. The van der Waals surface area contributed by atoms with E-state index in [0.717, 1.165) is 35.5 Å². The van der Waals surface area contributed by atoms with Crippen molar-refractivity contribution in [1.82, 2.24) is 9.88 Å². The third kappa shape index (κ3) is 6.29. The molecule has 2 atom stereocenters. The summed E-state index contributed by atoms with van der Waals surface area (Å²) < 4.78 is 1.91. The van der Waals surface area contributed by atoms with Crippen molar-refractivity contribution in [2.75, 3.05) is 23.3 Å². The number of pyridine rings is 1. The summed E-state index contributed by atoms with van der Waals surface area (Å²) in [5, 5.41) is 6.70. The fraction of sp³-hybridized carbons (Fsp3) is 0.306. The molecular formula is C36H37ClN4O3. The van der Waals surface area contributed by atoms with E-state index in [0.29, 0.717) is 47.4 Å². The van der Waals surface area contributed by atoms with Crippen LogP contribution in [0.2, 0.25) is 5.02 Å². The van der Waals surface area contributed by atoms with Gasteiger partial charge in [0.2, 0.25) is 0 Å². The Bertz CT molecular complexity index is 1770. The van der Waals surface area contributed by atoms with Crippen molar-refractivity contribution < 1.29 is 9.59 Å². The SMILES string of the molecule is CC(C)(C)c1ccc(C(=O)Nc2cc(C(=O)NCc3cccc(Cl)c3)ccc2N2C[C@H]3C[C@@H](C2)c2cccc(=O)n2C3)cc1. The first-order valence-corrected chi connectivity index (χ1v) is 15.5. The maximum Gasteiger partial charge on any atom is 0.255 e. The normalized spacial score (nSPS) is 17.5. The lowest BCUT2D eigenvalue weighted by Crippen LogP contribution is -2.47. The van der Waals surface area contributed by atoms with E-state index in [9.17, 15) is 14.4 Å². The van der Waals surface area contributed by atoms with Crippen molar-refractivity contribution in [3.05, 3.63) is 128 Å². The minimum Gasteiger partial charge on any atom is -0.369 e. The molecule has 0 saturated carbocycles. The number of nitrogens with one attached hydrogen (secondary N) is 2. The highest BCUT2D eigenvalue weighted by atomic mass is 35.5. The number of hydrogen-bond acceptors (Lipinski definition) is 4. The molecule has 2 aliphatic rings. The third-order valence-corrected chi connectivity index (χ3v) is 8.92. The molecule has 2 bridgehead atoms. The minimum atomic E-state index is -0.245. The number of hydrogen-bond donors (Lipinski definition) is 2. The summed E-state index contributed by atoms with van der Waals surface area (Å²) in [6.07, 6.45) is 1.02. The molecule has 6 rings (SSSR count). The molecule has 2 aliphatic heterocycles. The van der Waals surface area contributed by atoms with Crippen molar-refractivity contribution in [1.29, 1.82) is 0 Å². The molecule has 1 aromatic heterocycles. The molecule has 0 unspecified atom stereocenters. The van der Waals surface area contributed by atoms with E-state index in [1.54, 1.807) is 24.3 Å². The Morgan fingerprint density at radius 2 is 1.61 bits per heavy atom. The second-order valence-corrected chi connectivity index (χ2v) is 13.4. The van der Waals surface area contributed by atoms with Crippen molar-refractivity contribution in [3.63, 3.8) is 0 Å². The summed E-state index contributed by atoms with van der Waals surface area (Å²) in [5.74, 6) is 0.0174. The average Bonchev–Trinajstić information content (AvgIpc) is 3.00. The fourth-order valence-electron chi connectivity index (χ4n) is 6.39. The molecule has 0 spiro atoms. The number of carbonyl (C=O) groups excluding carboxylic acids is 2. The van der Waals surface area contributed by atoms with Crippen LogP contribution in [-0.4, -0.2) is 29.5 Å². The number of piperidine rings is 1. The number of halogens is 1. The van der Waals surface area contributed by atoms with Crippen molar-refractivity contribution in [2.24, 2.45) is 5.92 Å². The second kappa shape index (κ2) is 12.0. The van der Waals surface area contributed by atoms with Gasteiger partial charge >= 0.3 is 0 Å². The summed E-state index contributed by atoms with van der Waals surface area (Å²) in [5.41, 5.74) is 5.55. The summed E-state index contributed by atoms with van der Waals surface area (Å²) in [6.45, 7) is 8.88. The number of nitrogens with zero attached hydrogens (tertiary/aromatic N) is 2. The number of carbonyl (C=O) groups is 2. The molecule has 2 N–H and O–H groups in total. The molecule has 226 valence electrons. The Labute approximate surface area is 262 Å². The predicted molar refractivity (Wildman–Crippen MR) is 176 cm³/mol. The number of amides is 2. The van der Waals surface area contributed by atoms with Crippen molar-refractivity contribution in [3.8, 4) is 0 Å². The number of benzene rings is 3. The summed E-state index contributed by atoms with van der Waals surface area (Å²) in [7, 11) is 0. The molecule has 3 aromatic carbocycles. The topological polar surface area (TPSA) is 83.4 Å². The zero-order chi connectivity index (χ0) is 31.0. The molecule has 44 heavy (non-hydrogen) atoms. The van der Waals surface area contributed by atoms with E-state index in [2.05, 4.69) is 36.3 Å². The van der Waals surface area contributed by atoms with Crippen molar-refractivity contribution >= 4 is 34.8 Å². The van der Waals surface area contributed by atoms with Gasteiger partial charge in [0.15, 0.2) is 0 Å². The summed E-state index contributed by atoms with van der Waals surface area (Å²) in [4.78, 5) is 41.6. The standard InChI is InChI=1S/C36H37ClN4O3/c1-36(2,3)28-13-10-25(11-14-28)35(44)39-30-18-26(34(43)38-19-23-6-4-7-29(37)17-23)12-15-32(30)40-20-24-16-27(22-40)31-8-5-9-33(42)41(31)21-24/h4-15,17-18,24,27H,16,19-22H2,1-3H3,(H,38,43)(H,39,44)/t24-,27+/m1/s1. The number of anilines is 2. The average molecular weight is 609 g/mol. The Kier molecular flexibility index (Phi) is 8.08. The molecule has 0 radical (unpaired) electrons. The lowest BCUT2D eigenvalue weighted by Gasteiger charge is -2.44. The van der Waals surface area contributed by atoms with E-state index in [-0.39, 0.29) is 28.7 Å². The smallest absolute Gasteiger partial charge is 0.255 e. The zero-order valence-electron chi connectivity index (χ0n) is 25.3. The first-order chi connectivity index (χ1) is 21.0. The Morgan fingerprint density at radius 1 is 0.864 bits per heavy atom. The number of fused-ring (bicyclic) bond motifs is 4. The molecule has 4 aromatic rings. The van der Waals surface area contributed by atoms with Gasteiger partial charge in [0, 0.05) is 60.0 Å². The van der Waals surface area contributed by atoms with E-state index in [1.807, 2.05) is 65.2 Å². The summed E-state index contributed by atoms with van der Waals surface area (Å²) in [6, 6.07) is 26.0. The van der Waals surface area contributed by atoms with Gasteiger partial charge in [-0.05, 0) is 77.4 Å². The minimum absolute atomic E-state index is 0.0228. The maximum atomic E-state index is 13.6. The molecule has 3 heterocycles. The zero-order valence-corrected chi connectivity index (χ0v) is 26.0. The maximum absolute atomic E-state index is 13.6. The Morgan fingerprint density at radius 3 is 2.36 bits per heavy atom. The van der Waals surface area contributed by atoms with Gasteiger partial charge in [-0.25, -0.2) is 0 Å². The monoisotopic (exact) mass is 608 g/mol. The molecule has 1 fully saturated rings. The molecular weight excluding hydrogens is 572 g/mol. The van der Waals surface area contributed by atoms with E-state index < -0.39 is 0 Å². The molecule has 8 heteroatoms. The van der Waals surface area contributed by atoms with Crippen molar-refractivity contribution in [2.45, 2.75) is 51.6 Å². The van der Waals surface area contributed by atoms with E-state index >= 15 is 0 Å². The van der Waals surface area contributed by atoms with Crippen LogP contribution in [0.3, 0.4) is 0 Å². The van der Waals surface area contributed by atoms with Crippen LogP contribution in [0.15, 0.2) is 89.7 Å². The molecule has 1 saturated heterocycles. The highest BCUT2D eigenvalue weighted by Gasteiger charge is 2.35. The lowest BCUT2D eigenvalue weighted by molar-refractivity contribution is 0.0949. The molecule has 7 nitrogen and oxygen atoms in total. The Balaban J connectivity index is 1.29. The van der Waals surface area contributed by atoms with Crippen LogP contribution in [0.25, 0.3) is 0 Å². The van der Waals surface area contributed by atoms with Gasteiger partial charge < -0.3 is 20.1 Å². The number of aromatic nitrogens is 1. The van der Waals surface area contributed by atoms with Crippen LogP contribution in [0.5, 0.6) is 0 Å². The van der Waals surface area contributed by atoms with Crippen LogP contribution >= 0.6 is 11.6 Å². The Hall–Kier alpha value is -4.36.